The van der Waals surface area contributed by atoms with E-state index in [9.17, 15) is 0 Å². The number of aliphatic hydroxyl groups excluding tert-OH is 1. The van der Waals surface area contributed by atoms with Crippen LogP contribution in [0.3, 0.4) is 0 Å². The molecule has 80 valence electrons. The van der Waals surface area contributed by atoms with Crippen LogP contribution in [0.25, 0.3) is 11.4 Å². The van der Waals surface area contributed by atoms with E-state index < -0.39 is 0 Å². The Morgan fingerprint density at radius 2 is 2.27 bits per heavy atom. The average molecular weight is 208 g/mol. The number of aryl methyl sites for hydroxylation is 1. The predicted molar refractivity (Wildman–Crippen MR) is 52.0 cm³/mol. The molecule has 2 heterocycles. The van der Waals surface area contributed by atoms with Crippen LogP contribution in [-0.2, 0) is 6.42 Å². The van der Waals surface area contributed by atoms with Crippen molar-refractivity contribution in [3.05, 3.63) is 24.5 Å². The fraction of sp³-hybridized carbons (Fsp3) is 0.400. The molecule has 2 aromatic rings. The Balaban J connectivity index is 1.98. The number of nitrogens with zero attached hydrogens (tertiary/aromatic N) is 2. The number of aromatic nitrogens is 2. The fourth-order valence-corrected chi connectivity index (χ4v) is 1.25. The van der Waals surface area contributed by atoms with Crippen LogP contribution in [0.4, 0.5) is 0 Å². The first-order valence-corrected chi connectivity index (χ1v) is 4.86. The lowest BCUT2D eigenvalue weighted by atomic mass is 10.2. The SMILES string of the molecule is OCCCCc1nc(-c2ccoc2)no1. The summed E-state index contributed by atoms with van der Waals surface area (Å²) in [5.74, 6) is 1.14. The van der Waals surface area contributed by atoms with Gasteiger partial charge in [-0.15, -0.1) is 0 Å². The van der Waals surface area contributed by atoms with Gasteiger partial charge in [0.05, 0.1) is 11.8 Å². The van der Waals surface area contributed by atoms with Crippen molar-refractivity contribution in [2.75, 3.05) is 6.61 Å². The monoisotopic (exact) mass is 208 g/mol. The van der Waals surface area contributed by atoms with Crippen LogP contribution in [0.2, 0.25) is 0 Å². The highest BCUT2D eigenvalue weighted by Gasteiger charge is 2.08. The van der Waals surface area contributed by atoms with Gasteiger partial charge in [0, 0.05) is 13.0 Å². The minimum absolute atomic E-state index is 0.197. The van der Waals surface area contributed by atoms with Gasteiger partial charge in [-0.1, -0.05) is 5.16 Å². The summed E-state index contributed by atoms with van der Waals surface area (Å²) in [6.45, 7) is 0.197. The van der Waals surface area contributed by atoms with Crippen molar-refractivity contribution >= 4 is 0 Å². The molecule has 0 spiro atoms. The van der Waals surface area contributed by atoms with E-state index >= 15 is 0 Å². The normalized spacial score (nSPS) is 10.7. The summed E-state index contributed by atoms with van der Waals surface area (Å²) in [7, 11) is 0. The third-order valence-electron chi connectivity index (χ3n) is 2.05. The highest BCUT2D eigenvalue weighted by Crippen LogP contribution is 2.16. The van der Waals surface area contributed by atoms with Gasteiger partial charge in [-0.2, -0.15) is 4.98 Å². The zero-order valence-corrected chi connectivity index (χ0v) is 8.22. The molecular weight excluding hydrogens is 196 g/mol. The Bertz CT molecular complexity index is 394. The summed E-state index contributed by atoms with van der Waals surface area (Å²) in [4.78, 5) is 4.21. The van der Waals surface area contributed by atoms with Crippen LogP contribution in [0.1, 0.15) is 18.7 Å². The number of rotatable bonds is 5. The quantitative estimate of drug-likeness (QED) is 0.756. The first-order chi connectivity index (χ1) is 7.40. The van der Waals surface area contributed by atoms with Crippen molar-refractivity contribution in [1.29, 1.82) is 0 Å². The molecule has 0 bridgehead atoms. The first-order valence-electron chi connectivity index (χ1n) is 4.86. The largest absolute Gasteiger partial charge is 0.472 e. The summed E-state index contributed by atoms with van der Waals surface area (Å²) in [5, 5.41) is 12.4. The third-order valence-corrected chi connectivity index (χ3v) is 2.05. The van der Waals surface area contributed by atoms with Crippen molar-refractivity contribution in [1.82, 2.24) is 10.1 Å². The summed E-state index contributed by atoms with van der Waals surface area (Å²) in [5.41, 5.74) is 0.812. The molecule has 15 heavy (non-hydrogen) atoms. The van der Waals surface area contributed by atoms with E-state index in [0.717, 1.165) is 18.4 Å². The van der Waals surface area contributed by atoms with Gasteiger partial charge in [0.1, 0.15) is 6.26 Å². The summed E-state index contributed by atoms with van der Waals surface area (Å²) in [6, 6.07) is 1.78. The van der Waals surface area contributed by atoms with E-state index in [2.05, 4.69) is 10.1 Å². The van der Waals surface area contributed by atoms with Gasteiger partial charge in [-0.25, -0.2) is 0 Å². The highest BCUT2D eigenvalue weighted by molar-refractivity contribution is 5.51. The summed E-state index contributed by atoms with van der Waals surface area (Å²) in [6.07, 6.45) is 5.44. The van der Waals surface area contributed by atoms with E-state index in [4.69, 9.17) is 14.0 Å². The molecule has 0 aromatic carbocycles. The van der Waals surface area contributed by atoms with Crippen molar-refractivity contribution in [2.24, 2.45) is 0 Å². The lowest BCUT2D eigenvalue weighted by Gasteiger charge is -1.90. The minimum atomic E-state index is 0.197. The van der Waals surface area contributed by atoms with Crippen molar-refractivity contribution in [3.63, 3.8) is 0 Å². The van der Waals surface area contributed by atoms with Gasteiger partial charge in [0.25, 0.3) is 0 Å². The number of aliphatic hydroxyl groups is 1. The lowest BCUT2D eigenvalue weighted by Crippen LogP contribution is -1.88. The molecule has 0 saturated heterocycles. The van der Waals surface area contributed by atoms with Crippen LogP contribution in [0.15, 0.2) is 27.5 Å². The maximum Gasteiger partial charge on any atom is 0.226 e. The smallest absolute Gasteiger partial charge is 0.226 e. The third kappa shape index (κ3) is 2.44. The van der Waals surface area contributed by atoms with E-state index in [0.29, 0.717) is 18.1 Å². The standard InChI is InChI=1S/C10H12N2O3/c13-5-2-1-3-9-11-10(12-15-9)8-4-6-14-7-8/h4,6-7,13H,1-3,5H2. The molecule has 0 unspecified atom stereocenters. The van der Waals surface area contributed by atoms with Gasteiger partial charge < -0.3 is 14.0 Å². The van der Waals surface area contributed by atoms with E-state index in [1.807, 2.05) is 0 Å². The second kappa shape index (κ2) is 4.75. The molecule has 0 radical (unpaired) electrons. The molecule has 1 N–H and O–H groups in total. The van der Waals surface area contributed by atoms with Gasteiger partial charge >= 0.3 is 0 Å². The molecule has 5 heteroatoms. The van der Waals surface area contributed by atoms with Gasteiger partial charge in [-0.05, 0) is 18.9 Å². The van der Waals surface area contributed by atoms with Crippen LogP contribution in [0.5, 0.6) is 0 Å². The number of hydrogen-bond acceptors (Lipinski definition) is 5. The molecule has 0 aliphatic carbocycles. The second-order valence-corrected chi connectivity index (χ2v) is 3.20. The van der Waals surface area contributed by atoms with Crippen LogP contribution in [0, 0.1) is 0 Å². The van der Waals surface area contributed by atoms with E-state index in [-0.39, 0.29) is 6.61 Å². The Hall–Kier alpha value is -1.62. The zero-order valence-electron chi connectivity index (χ0n) is 8.22. The van der Waals surface area contributed by atoms with Crippen molar-refractivity contribution < 1.29 is 14.0 Å². The van der Waals surface area contributed by atoms with Crippen LogP contribution >= 0.6 is 0 Å². The Morgan fingerprint density at radius 1 is 1.33 bits per heavy atom. The molecule has 0 saturated carbocycles. The maximum absolute atomic E-state index is 8.62. The van der Waals surface area contributed by atoms with E-state index in [1.54, 1.807) is 18.6 Å². The second-order valence-electron chi connectivity index (χ2n) is 3.20. The predicted octanol–water partition coefficient (Wildman–Crippen LogP) is 1.64. The lowest BCUT2D eigenvalue weighted by molar-refractivity contribution is 0.281. The van der Waals surface area contributed by atoms with Gasteiger partial charge in [0.15, 0.2) is 0 Å². The Labute approximate surface area is 86.7 Å². The summed E-state index contributed by atoms with van der Waals surface area (Å²) >= 11 is 0. The number of furan rings is 1. The Kier molecular flexibility index (Phi) is 3.14. The van der Waals surface area contributed by atoms with Crippen LogP contribution in [-0.4, -0.2) is 21.9 Å². The highest BCUT2D eigenvalue weighted by atomic mass is 16.5. The molecular formula is C10H12N2O3. The maximum atomic E-state index is 8.62. The molecule has 5 nitrogen and oxygen atoms in total. The van der Waals surface area contributed by atoms with E-state index in [1.165, 1.54) is 0 Å². The first kappa shape index (κ1) is 9.92. The molecule has 0 fully saturated rings. The fourth-order valence-electron chi connectivity index (χ4n) is 1.25. The molecule has 2 aromatic heterocycles. The zero-order chi connectivity index (χ0) is 10.5. The number of unbranched alkanes of at least 4 members (excludes halogenated alkanes) is 1. The molecule has 2 rings (SSSR count). The van der Waals surface area contributed by atoms with Gasteiger partial charge in [-0.3, -0.25) is 0 Å². The van der Waals surface area contributed by atoms with Crippen molar-refractivity contribution in [2.45, 2.75) is 19.3 Å². The van der Waals surface area contributed by atoms with Gasteiger partial charge in [0.2, 0.25) is 11.7 Å². The van der Waals surface area contributed by atoms with Crippen molar-refractivity contribution in [3.8, 4) is 11.4 Å². The minimum Gasteiger partial charge on any atom is -0.472 e. The molecule has 0 aliphatic heterocycles. The molecule has 0 atom stereocenters. The molecule has 0 aliphatic rings. The van der Waals surface area contributed by atoms with Crippen LogP contribution < -0.4 is 0 Å². The molecule has 0 amide bonds. The summed E-state index contributed by atoms with van der Waals surface area (Å²) < 4.78 is 9.97. The topological polar surface area (TPSA) is 72.3 Å². The Morgan fingerprint density at radius 3 is 3.00 bits per heavy atom. The average Bonchev–Trinajstić information content (AvgIpc) is 2.87. The number of hydrogen-bond donors (Lipinski definition) is 1.